The van der Waals surface area contributed by atoms with Crippen LogP contribution in [-0.4, -0.2) is 94.6 Å². The molecule has 1 unspecified atom stereocenters. The molecule has 0 bridgehead atoms. The van der Waals surface area contributed by atoms with Gasteiger partial charge in [-0.3, -0.25) is 9.69 Å². The second kappa shape index (κ2) is 13.9. The number of benzene rings is 2. The smallest absolute Gasteiger partial charge is 0.246 e. The number of carbonyl (C=O) groups is 1. The second-order valence-electron chi connectivity index (χ2n) is 11.0. The fourth-order valence-electron chi connectivity index (χ4n) is 5.58. The molecule has 0 spiro atoms. The van der Waals surface area contributed by atoms with E-state index < -0.39 is 10.0 Å². The quantitative estimate of drug-likeness (QED) is 0.443. The number of nitrogens with zero attached hydrogens (tertiary/aromatic N) is 3. The minimum absolute atomic E-state index is 0.105. The predicted molar refractivity (Wildman–Crippen MR) is 156 cm³/mol. The summed E-state index contributed by atoms with van der Waals surface area (Å²) in [4.78, 5) is 17.6. The van der Waals surface area contributed by atoms with Gasteiger partial charge < -0.3 is 19.7 Å². The number of hydrogen-bond donors (Lipinski definition) is 1. The lowest BCUT2D eigenvalue weighted by Crippen LogP contribution is -2.46. The molecule has 2 heterocycles. The normalized spacial score (nSPS) is 19.4. The van der Waals surface area contributed by atoms with Crippen molar-refractivity contribution in [3.05, 3.63) is 58.7 Å². The Morgan fingerprint density at radius 2 is 1.62 bits per heavy atom. The first-order chi connectivity index (χ1) is 19.2. The predicted octanol–water partition coefficient (Wildman–Crippen LogP) is 2.94. The molecule has 220 valence electrons. The molecule has 2 aliphatic rings. The lowest BCUT2D eigenvalue weighted by molar-refractivity contribution is -0.126. The minimum atomic E-state index is -3.72. The fourth-order valence-corrected chi connectivity index (χ4v) is 7.67. The van der Waals surface area contributed by atoms with E-state index >= 15 is 0 Å². The van der Waals surface area contributed by atoms with E-state index in [0.29, 0.717) is 41.3 Å². The molecule has 0 radical (unpaired) electrons. The van der Waals surface area contributed by atoms with Gasteiger partial charge in [0.25, 0.3) is 0 Å². The summed E-state index contributed by atoms with van der Waals surface area (Å²) in [6, 6.07) is 11.6. The molecule has 0 aromatic heterocycles. The van der Waals surface area contributed by atoms with Crippen molar-refractivity contribution in [1.29, 1.82) is 0 Å². The average Bonchev–Trinajstić information content (AvgIpc) is 2.93. The van der Waals surface area contributed by atoms with E-state index in [1.165, 1.54) is 5.56 Å². The molecular weight excluding hydrogens is 528 g/mol. The number of piperazine rings is 1. The number of likely N-dealkylation sites (N-methyl/N-ethyl adjacent to an activating group) is 1. The van der Waals surface area contributed by atoms with Gasteiger partial charge in [0.2, 0.25) is 15.9 Å². The summed E-state index contributed by atoms with van der Waals surface area (Å²) in [6.45, 7) is 9.85. The SMILES string of the molecule is COc1cc(C)c(S(=O)(=O)N2CCCCC2COCC(=O)NCc2ccc(CN3CCN(C)CC3)cc2)c(C)c1. The number of aryl methyl sites for hydroxylation is 2. The zero-order chi connectivity index (χ0) is 28.7. The van der Waals surface area contributed by atoms with E-state index in [4.69, 9.17) is 9.47 Å². The first-order valence-electron chi connectivity index (χ1n) is 14.2. The standard InChI is InChI=1S/C30H44N4O5S/c1-23-17-28(38-4)18-24(2)30(23)40(36,37)34-12-6-5-7-27(34)21-39-22-29(35)31-19-25-8-10-26(11-9-25)20-33-15-13-32(3)14-16-33/h8-11,17-18,27H,5-7,12-16,19-22H2,1-4H3,(H,31,35). The number of amides is 1. The summed E-state index contributed by atoms with van der Waals surface area (Å²) >= 11 is 0. The van der Waals surface area contributed by atoms with Crippen molar-refractivity contribution < 1.29 is 22.7 Å². The van der Waals surface area contributed by atoms with Crippen LogP contribution in [0.2, 0.25) is 0 Å². The Balaban J connectivity index is 1.25. The minimum Gasteiger partial charge on any atom is -0.497 e. The molecule has 1 atom stereocenters. The summed E-state index contributed by atoms with van der Waals surface area (Å²) in [7, 11) is 0.0129. The van der Waals surface area contributed by atoms with Gasteiger partial charge in [0.1, 0.15) is 12.4 Å². The highest BCUT2D eigenvalue weighted by Gasteiger charge is 2.35. The maximum atomic E-state index is 13.7. The molecule has 40 heavy (non-hydrogen) atoms. The number of methoxy groups -OCH3 is 1. The van der Waals surface area contributed by atoms with Gasteiger partial charge in [0.05, 0.1) is 18.6 Å². The highest BCUT2D eigenvalue weighted by molar-refractivity contribution is 7.89. The third-order valence-electron chi connectivity index (χ3n) is 7.87. The van der Waals surface area contributed by atoms with Crippen LogP contribution in [0.3, 0.4) is 0 Å². The molecule has 4 rings (SSSR count). The number of sulfonamides is 1. The Hall–Kier alpha value is -2.50. The summed E-state index contributed by atoms with van der Waals surface area (Å²) in [6.07, 6.45) is 2.44. The van der Waals surface area contributed by atoms with Crippen molar-refractivity contribution in [1.82, 2.24) is 19.4 Å². The van der Waals surface area contributed by atoms with Gasteiger partial charge in [-0.1, -0.05) is 30.7 Å². The van der Waals surface area contributed by atoms with Crippen LogP contribution in [0.25, 0.3) is 0 Å². The first-order valence-corrected chi connectivity index (χ1v) is 15.6. The molecule has 1 amide bonds. The Labute approximate surface area is 239 Å². The topological polar surface area (TPSA) is 91.4 Å². The maximum Gasteiger partial charge on any atom is 0.246 e. The number of nitrogens with one attached hydrogen (secondary N) is 1. The van der Waals surface area contributed by atoms with Crippen LogP contribution in [-0.2, 0) is 32.6 Å². The van der Waals surface area contributed by atoms with E-state index in [1.807, 2.05) is 0 Å². The third-order valence-corrected chi connectivity index (χ3v) is 10.1. The molecule has 2 aromatic carbocycles. The van der Waals surface area contributed by atoms with Gasteiger partial charge in [-0.2, -0.15) is 4.31 Å². The van der Waals surface area contributed by atoms with Gasteiger partial charge in [0.15, 0.2) is 0 Å². The molecule has 1 N–H and O–H groups in total. The first kappa shape index (κ1) is 30.5. The van der Waals surface area contributed by atoms with Gasteiger partial charge in [-0.05, 0) is 68.1 Å². The monoisotopic (exact) mass is 572 g/mol. The summed E-state index contributed by atoms with van der Waals surface area (Å²) in [5, 5.41) is 2.91. The van der Waals surface area contributed by atoms with Gasteiger partial charge in [-0.25, -0.2) is 8.42 Å². The lowest BCUT2D eigenvalue weighted by atomic mass is 10.1. The fraction of sp³-hybridized carbons (Fsp3) is 0.567. The van der Waals surface area contributed by atoms with Crippen LogP contribution in [0.5, 0.6) is 5.75 Å². The highest BCUT2D eigenvalue weighted by Crippen LogP contribution is 2.32. The number of carbonyl (C=O) groups excluding carboxylic acids is 1. The van der Waals surface area contributed by atoms with Crippen LogP contribution >= 0.6 is 0 Å². The zero-order valence-electron chi connectivity index (χ0n) is 24.3. The molecule has 10 heteroatoms. The Morgan fingerprint density at radius 1 is 0.975 bits per heavy atom. The molecule has 2 fully saturated rings. The van der Waals surface area contributed by atoms with Crippen molar-refractivity contribution in [2.75, 3.05) is 60.1 Å². The van der Waals surface area contributed by atoms with Gasteiger partial charge in [0, 0.05) is 51.9 Å². The van der Waals surface area contributed by atoms with E-state index in [9.17, 15) is 13.2 Å². The number of piperidine rings is 1. The second-order valence-corrected chi connectivity index (χ2v) is 12.9. The summed E-state index contributed by atoms with van der Waals surface area (Å²) < 4.78 is 40.0. The largest absolute Gasteiger partial charge is 0.497 e. The average molecular weight is 573 g/mol. The van der Waals surface area contributed by atoms with Crippen LogP contribution in [0.15, 0.2) is 41.3 Å². The summed E-state index contributed by atoms with van der Waals surface area (Å²) in [5.74, 6) is 0.425. The van der Waals surface area contributed by atoms with Gasteiger partial charge in [-0.15, -0.1) is 0 Å². The van der Waals surface area contributed by atoms with E-state index in [-0.39, 0.29) is 25.2 Å². The Kier molecular flexibility index (Phi) is 10.6. The number of ether oxygens (including phenoxy) is 2. The summed E-state index contributed by atoms with van der Waals surface area (Å²) in [5.41, 5.74) is 3.63. The van der Waals surface area contributed by atoms with Crippen LogP contribution < -0.4 is 10.1 Å². The van der Waals surface area contributed by atoms with Gasteiger partial charge >= 0.3 is 0 Å². The van der Waals surface area contributed by atoms with Crippen LogP contribution in [0.4, 0.5) is 0 Å². The molecular formula is C30H44N4O5S. The third kappa shape index (κ3) is 7.82. The molecule has 0 saturated carbocycles. The molecule has 2 aliphatic heterocycles. The molecule has 9 nitrogen and oxygen atoms in total. The highest BCUT2D eigenvalue weighted by atomic mass is 32.2. The van der Waals surface area contributed by atoms with Crippen LogP contribution in [0.1, 0.15) is 41.5 Å². The zero-order valence-corrected chi connectivity index (χ0v) is 25.1. The van der Waals surface area contributed by atoms with E-state index in [2.05, 4.69) is 46.4 Å². The van der Waals surface area contributed by atoms with Crippen LogP contribution in [0, 0.1) is 13.8 Å². The van der Waals surface area contributed by atoms with Crippen molar-refractivity contribution in [2.45, 2.75) is 57.1 Å². The Bertz CT molecular complexity index is 1220. The number of rotatable bonds is 11. The molecule has 2 saturated heterocycles. The van der Waals surface area contributed by atoms with E-state index in [1.54, 1.807) is 37.4 Å². The lowest BCUT2D eigenvalue weighted by Gasteiger charge is -2.35. The van der Waals surface area contributed by atoms with Crippen molar-refractivity contribution in [2.24, 2.45) is 0 Å². The van der Waals surface area contributed by atoms with Crippen molar-refractivity contribution in [3.8, 4) is 5.75 Å². The number of hydrogen-bond acceptors (Lipinski definition) is 7. The Morgan fingerprint density at radius 3 is 2.27 bits per heavy atom. The molecule has 0 aliphatic carbocycles. The van der Waals surface area contributed by atoms with E-state index in [0.717, 1.165) is 51.1 Å². The van der Waals surface area contributed by atoms with Crippen molar-refractivity contribution >= 4 is 15.9 Å². The van der Waals surface area contributed by atoms with Crippen molar-refractivity contribution in [3.63, 3.8) is 0 Å². The maximum absolute atomic E-state index is 13.7. The molecule has 2 aromatic rings.